The van der Waals surface area contributed by atoms with Crippen LogP contribution < -0.4 is 10.5 Å². The van der Waals surface area contributed by atoms with E-state index in [1.165, 1.54) is 23.7 Å². The average Bonchev–Trinajstić information content (AvgIpc) is 3.10. The Morgan fingerprint density at radius 3 is 2.72 bits per heavy atom. The highest BCUT2D eigenvalue weighted by molar-refractivity contribution is 7.80. The number of rotatable bonds is 6. The van der Waals surface area contributed by atoms with Crippen molar-refractivity contribution in [3.8, 4) is 5.75 Å². The van der Waals surface area contributed by atoms with Crippen molar-refractivity contribution >= 4 is 23.2 Å². The summed E-state index contributed by atoms with van der Waals surface area (Å²) < 4.78 is 10.7. The lowest BCUT2D eigenvalue weighted by Crippen LogP contribution is -2.20. The van der Waals surface area contributed by atoms with E-state index in [0.717, 1.165) is 25.1 Å². The first-order valence-electron chi connectivity index (χ1n) is 8.28. The highest BCUT2D eigenvalue weighted by atomic mass is 32.1. The summed E-state index contributed by atoms with van der Waals surface area (Å²) in [6.45, 7) is 8.32. The predicted molar refractivity (Wildman–Crippen MR) is 105 cm³/mol. The Bertz CT molecular complexity index is 754. The largest absolute Gasteiger partial charge is 0.472 e. The van der Waals surface area contributed by atoms with Crippen LogP contribution in [0.4, 0.5) is 0 Å². The summed E-state index contributed by atoms with van der Waals surface area (Å²) in [5.74, 6) is 0.978. The fraction of sp³-hybridized carbons (Fsp3) is 0.368. The Balaban J connectivity index is 2.08. The van der Waals surface area contributed by atoms with Crippen LogP contribution in [0.5, 0.6) is 5.75 Å². The number of aliphatic imine (C=N–C) groups is 1. The lowest BCUT2D eigenvalue weighted by Gasteiger charge is -2.16. The molecule has 2 aromatic rings. The van der Waals surface area contributed by atoms with Crippen molar-refractivity contribution in [2.45, 2.75) is 27.2 Å². The van der Waals surface area contributed by atoms with Crippen LogP contribution in [0.15, 0.2) is 40.1 Å². The topological polar surface area (TPSA) is 64.0 Å². The Hall–Kier alpha value is -2.18. The maximum atomic E-state index is 5.88. The van der Waals surface area contributed by atoms with Crippen molar-refractivity contribution in [2.75, 3.05) is 20.1 Å². The number of benzene rings is 1. The average molecular weight is 359 g/mol. The van der Waals surface area contributed by atoms with Crippen LogP contribution in [0.25, 0.3) is 0 Å². The van der Waals surface area contributed by atoms with Crippen molar-refractivity contribution < 1.29 is 9.15 Å². The van der Waals surface area contributed by atoms with E-state index in [2.05, 4.69) is 36.9 Å². The third kappa shape index (κ3) is 5.41. The molecule has 0 saturated carbocycles. The summed E-state index contributed by atoms with van der Waals surface area (Å²) in [7, 11) is 2.13. The van der Waals surface area contributed by atoms with Gasteiger partial charge in [0.05, 0.1) is 11.8 Å². The fourth-order valence-corrected chi connectivity index (χ4v) is 2.58. The van der Waals surface area contributed by atoms with Crippen LogP contribution in [0.2, 0.25) is 0 Å². The molecule has 0 atom stereocenters. The van der Waals surface area contributed by atoms with Crippen molar-refractivity contribution in [3.63, 3.8) is 0 Å². The van der Waals surface area contributed by atoms with Crippen molar-refractivity contribution in [1.29, 1.82) is 0 Å². The molecule has 25 heavy (non-hydrogen) atoms. The summed E-state index contributed by atoms with van der Waals surface area (Å²) in [5.41, 5.74) is 10.1. The lowest BCUT2D eigenvalue weighted by atomic mass is 10.0. The van der Waals surface area contributed by atoms with Crippen molar-refractivity contribution in [2.24, 2.45) is 10.7 Å². The van der Waals surface area contributed by atoms with Gasteiger partial charge < -0.3 is 19.8 Å². The van der Waals surface area contributed by atoms with Crippen LogP contribution in [0, 0.1) is 13.8 Å². The third-order valence-corrected chi connectivity index (χ3v) is 4.34. The van der Waals surface area contributed by atoms with Crippen LogP contribution in [0.3, 0.4) is 0 Å². The molecule has 0 aliphatic heterocycles. The van der Waals surface area contributed by atoms with Gasteiger partial charge in [0.1, 0.15) is 17.8 Å². The molecule has 1 aromatic carbocycles. The summed E-state index contributed by atoms with van der Waals surface area (Å²) in [5, 5.41) is 0.0830. The summed E-state index contributed by atoms with van der Waals surface area (Å²) in [4.78, 5) is 6.41. The molecule has 5 nitrogen and oxygen atoms in total. The molecule has 0 fully saturated rings. The lowest BCUT2D eigenvalue weighted by molar-refractivity contribution is 0.357. The zero-order chi connectivity index (χ0) is 18.4. The Morgan fingerprint density at radius 2 is 2.08 bits per heavy atom. The van der Waals surface area contributed by atoms with Gasteiger partial charge in [-0.2, -0.15) is 4.99 Å². The van der Waals surface area contributed by atoms with Crippen LogP contribution >= 0.6 is 12.2 Å². The highest BCUT2D eigenvalue weighted by Crippen LogP contribution is 2.24. The summed E-state index contributed by atoms with van der Waals surface area (Å²) in [6, 6.07) is 5.88. The molecule has 0 amide bonds. The van der Waals surface area contributed by atoms with E-state index in [9.17, 15) is 0 Å². The van der Waals surface area contributed by atoms with E-state index in [1.54, 1.807) is 6.07 Å². The number of furan rings is 1. The van der Waals surface area contributed by atoms with E-state index in [1.807, 2.05) is 13.0 Å². The molecule has 0 aliphatic rings. The number of aryl methyl sites for hydroxylation is 2. The maximum absolute atomic E-state index is 5.88. The van der Waals surface area contributed by atoms with Gasteiger partial charge in [0, 0.05) is 6.54 Å². The summed E-state index contributed by atoms with van der Waals surface area (Å²) in [6.07, 6.45) is 4.05. The second-order valence-corrected chi connectivity index (χ2v) is 6.42. The molecule has 2 rings (SSSR count). The SMILES string of the molecule is CCN(C)CCc1cc(C)c(OC(=S)N=C(N)c2ccoc2)cc1C. The van der Waals surface area contributed by atoms with E-state index in [0.29, 0.717) is 11.3 Å². The third-order valence-electron chi connectivity index (χ3n) is 4.16. The molecule has 0 radical (unpaired) electrons. The van der Waals surface area contributed by atoms with Gasteiger partial charge in [-0.1, -0.05) is 13.0 Å². The minimum Gasteiger partial charge on any atom is -0.472 e. The number of amidine groups is 1. The van der Waals surface area contributed by atoms with Gasteiger partial charge in [-0.05, 0) is 74.9 Å². The van der Waals surface area contributed by atoms with Crippen LogP contribution in [0.1, 0.15) is 29.2 Å². The molecule has 1 heterocycles. The molecule has 1 aromatic heterocycles. The number of nitrogens with two attached hydrogens (primary N) is 1. The van der Waals surface area contributed by atoms with Gasteiger partial charge in [0.25, 0.3) is 5.17 Å². The Labute approximate surface area is 154 Å². The number of ether oxygens (including phenoxy) is 1. The molecule has 2 N–H and O–H groups in total. The van der Waals surface area contributed by atoms with Gasteiger partial charge in [-0.3, -0.25) is 0 Å². The molecule has 0 spiro atoms. The van der Waals surface area contributed by atoms with E-state index in [-0.39, 0.29) is 11.0 Å². The second-order valence-electron chi connectivity index (χ2n) is 6.07. The fourth-order valence-electron chi connectivity index (χ4n) is 2.39. The normalized spacial score (nSPS) is 11.8. The van der Waals surface area contributed by atoms with Crippen LogP contribution in [-0.2, 0) is 6.42 Å². The number of hydrogen-bond donors (Lipinski definition) is 1. The standard InChI is InChI=1S/C19H25N3O2S/c1-5-22(4)8-6-15-10-14(3)17(11-13(15)2)24-19(25)21-18(20)16-7-9-23-12-16/h7,9-12H,5-6,8H2,1-4H3,(H2,20,21,25). The van der Waals surface area contributed by atoms with Crippen LogP contribution in [-0.4, -0.2) is 36.0 Å². The maximum Gasteiger partial charge on any atom is 0.290 e. The molecular weight excluding hydrogens is 334 g/mol. The zero-order valence-electron chi connectivity index (χ0n) is 15.2. The molecule has 0 bridgehead atoms. The van der Waals surface area contributed by atoms with Gasteiger partial charge in [-0.15, -0.1) is 0 Å². The quantitative estimate of drug-likeness (QED) is 0.486. The predicted octanol–water partition coefficient (Wildman–Crippen LogP) is 3.46. The van der Waals surface area contributed by atoms with Crippen molar-refractivity contribution in [1.82, 2.24) is 4.90 Å². The van der Waals surface area contributed by atoms with Gasteiger partial charge in [-0.25, -0.2) is 0 Å². The highest BCUT2D eigenvalue weighted by Gasteiger charge is 2.09. The molecule has 0 saturated heterocycles. The minimum absolute atomic E-state index is 0.0830. The first-order valence-corrected chi connectivity index (χ1v) is 8.68. The Kier molecular flexibility index (Phi) is 6.73. The monoisotopic (exact) mass is 359 g/mol. The molecule has 134 valence electrons. The smallest absolute Gasteiger partial charge is 0.290 e. The molecule has 0 unspecified atom stereocenters. The number of thiocarbonyl (C=S) groups is 1. The molecule has 6 heteroatoms. The number of likely N-dealkylation sites (N-methyl/N-ethyl adjacent to an activating group) is 1. The van der Waals surface area contributed by atoms with E-state index in [4.69, 9.17) is 27.1 Å². The molecule has 0 aliphatic carbocycles. The van der Waals surface area contributed by atoms with E-state index < -0.39 is 0 Å². The van der Waals surface area contributed by atoms with Gasteiger partial charge in [0.2, 0.25) is 0 Å². The number of hydrogen-bond acceptors (Lipinski definition) is 4. The zero-order valence-corrected chi connectivity index (χ0v) is 16.0. The van der Waals surface area contributed by atoms with Gasteiger partial charge in [0.15, 0.2) is 0 Å². The second kappa shape index (κ2) is 8.78. The van der Waals surface area contributed by atoms with Gasteiger partial charge >= 0.3 is 0 Å². The number of nitrogens with zero attached hydrogens (tertiary/aromatic N) is 2. The molecular formula is C19H25N3O2S. The first-order chi connectivity index (χ1) is 11.9. The Morgan fingerprint density at radius 1 is 1.32 bits per heavy atom. The summed E-state index contributed by atoms with van der Waals surface area (Å²) >= 11 is 5.20. The van der Waals surface area contributed by atoms with Crippen molar-refractivity contribution in [3.05, 3.63) is 53.0 Å². The van der Waals surface area contributed by atoms with E-state index >= 15 is 0 Å². The minimum atomic E-state index is 0.0830. The first kappa shape index (κ1) is 19.1.